The highest BCUT2D eigenvalue weighted by molar-refractivity contribution is 6.17. The van der Waals surface area contributed by atoms with Crippen LogP contribution in [0.1, 0.15) is 53.4 Å². The van der Waals surface area contributed by atoms with Gasteiger partial charge < -0.3 is 10.2 Å². The Morgan fingerprint density at radius 1 is 0.921 bits per heavy atom. The van der Waals surface area contributed by atoms with Crippen molar-refractivity contribution in [1.82, 2.24) is 0 Å². The summed E-state index contributed by atoms with van der Waals surface area (Å²) in [5.74, 6) is -1.38. The summed E-state index contributed by atoms with van der Waals surface area (Å²) in [6.45, 7) is 9.68. The molecule has 3 aliphatic heterocycles. The monoisotopic (exact) mass is 504 g/mol. The smallest absolute Gasteiger partial charge is 0.238 e. The second kappa shape index (κ2) is 8.26. The van der Waals surface area contributed by atoms with E-state index in [0.717, 1.165) is 27.9 Å². The van der Waals surface area contributed by atoms with E-state index >= 15 is 0 Å². The number of hydrogen-bond acceptors (Lipinski definition) is 4. The van der Waals surface area contributed by atoms with Crippen LogP contribution in [0.3, 0.4) is 0 Å². The lowest BCUT2D eigenvalue weighted by molar-refractivity contribution is -0.128. The van der Waals surface area contributed by atoms with E-state index < -0.39 is 28.8 Å². The molecule has 0 aromatic heterocycles. The third kappa shape index (κ3) is 3.27. The quantitative estimate of drug-likeness (QED) is 0.452. The van der Waals surface area contributed by atoms with E-state index in [1.165, 1.54) is 0 Å². The van der Waals surface area contributed by atoms with Crippen molar-refractivity contribution in [2.24, 2.45) is 11.3 Å². The summed E-state index contributed by atoms with van der Waals surface area (Å²) in [6.07, 6.45) is 4.06. The van der Waals surface area contributed by atoms with Gasteiger partial charge in [-0.3, -0.25) is 14.4 Å². The first-order chi connectivity index (χ1) is 18.0. The minimum Gasteiger partial charge on any atom is -0.352 e. The molecule has 4 unspecified atom stereocenters. The molecule has 3 heterocycles. The average Bonchev–Trinajstić information content (AvgIpc) is 3.35. The molecule has 6 rings (SSSR count). The largest absolute Gasteiger partial charge is 0.352 e. The first kappa shape index (κ1) is 24.4. The molecule has 0 aliphatic carbocycles. The molecule has 0 saturated carbocycles. The van der Waals surface area contributed by atoms with Crippen molar-refractivity contribution in [3.05, 3.63) is 101 Å². The van der Waals surface area contributed by atoms with Gasteiger partial charge in [-0.2, -0.15) is 0 Å². The first-order valence-corrected chi connectivity index (χ1v) is 13.2. The molecule has 4 atom stereocenters. The molecule has 1 saturated heterocycles. The third-order valence-electron chi connectivity index (χ3n) is 8.41. The molecule has 38 heavy (non-hydrogen) atoms. The lowest BCUT2D eigenvalue weighted by atomic mass is 9.63. The number of amides is 1. The summed E-state index contributed by atoms with van der Waals surface area (Å²) in [5.41, 5.74) is 4.00. The van der Waals surface area contributed by atoms with E-state index in [2.05, 4.69) is 16.3 Å². The van der Waals surface area contributed by atoms with E-state index in [1.54, 1.807) is 0 Å². The van der Waals surface area contributed by atoms with Gasteiger partial charge >= 0.3 is 0 Å². The minimum absolute atomic E-state index is 0.0520. The van der Waals surface area contributed by atoms with Crippen molar-refractivity contribution in [3.63, 3.8) is 0 Å². The van der Waals surface area contributed by atoms with Crippen LogP contribution in [-0.2, 0) is 15.0 Å². The van der Waals surface area contributed by atoms with E-state index in [0.29, 0.717) is 11.3 Å². The Balaban J connectivity index is 1.68. The van der Waals surface area contributed by atoms with Crippen molar-refractivity contribution in [2.75, 3.05) is 10.2 Å². The number of aryl methyl sites for hydroxylation is 2. The van der Waals surface area contributed by atoms with Crippen LogP contribution in [0.15, 0.2) is 72.8 Å². The topological polar surface area (TPSA) is 66.5 Å². The Hall–Kier alpha value is -3.99. The molecule has 1 fully saturated rings. The van der Waals surface area contributed by atoms with Crippen molar-refractivity contribution < 1.29 is 14.4 Å². The highest BCUT2D eigenvalue weighted by Gasteiger charge is 2.70. The molecule has 1 amide bonds. The summed E-state index contributed by atoms with van der Waals surface area (Å²) < 4.78 is 0. The molecular weight excluding hydrogens is 472 g/mol. The fourth-order valence-corrected chi connectivity index (χ4v) is 6.64. The van der Waals surface area contributed by atoms with Gasteiger partial charge in [0.2, 0.25) is 5.91 Å². The Morgan fingerprint density at radius 2 is 1.61 bits per heavy atom. The lowest BCUT2D eigenvalue weighted by Crippen LogP contribution is -2.51. The van der Waals surface area contributed by atoms with Gasteiger partial charge in [0.15, 0.2) is 11.6 Å². The number of Topliss-reactive ketones (excluding diaryl/α,β-unsaturated/α-hetero) is 2. The number of anilines is 2. The number of benzene rings is 3. The van der Waals surface area contributed by atoms with E-state index in [1.807, 2.05) is 107 Å². The first-order valence-electron chi connectivity index (χ1n) is 13.2. The van der Waals surface area contributed by atoms with Crippen LogP contribution < -0.4 is 10.2 Å². The number of nitrogens with one attached hydrogen (secondary N) is 1. The maximum absolute atomic E-state index is 14.6. The highest BCUT2D eigenvalue weighted by atomic mass is 16.2. The summed E-state index contributed by atoms with van der Waals surface area (Å²) in [7, 11) is 0. The molecule has 3 aromatic carbocycles. The molecule has 0 radical (unpaired) electrons. The van der Waals surface area contributed by atoms with Crippen LogP contribution in [-0.4, -0.2) is 29.6 Å². The molecule has 3 aliphatic rings. The van der Waals surface area contributed by atoms with E-state index in [4.69, 9.17) is 0 Å². The maximum atomic E-state index is 14.6. The zero-order chi connectivity index (χ0) is 27.0. The van der Waals surface area contributed by atoms with Crippen molar-refractivity contribution in [3.8, 4) is 0 Å². The fourth-order valence-electron chi connectivity index (χ4n) is 6.64. The van der Waals surface area contributed by atoms with Gasteiger partial charge in [-0.1, -0.05) is 92.6 Å². The van der Waals surface area contributed by atoms with Gasteiger partial charge in [0.25, 0.3) is 0 Å². The van der Waals surface area contributed by atoms with Crippen LogP contribution in [0.5, 0.6) is 0 Å². The molecule has 192 valence electrons. The standard InChI is InChI=1S/C33H32N2O3/c1-19-10-13-21(14-11-19)29(36)27-28(30(37)32(3,4)5)35-25-16-12-20(2)18-22(25)15-17-26(35)33(27)23-8-6-7-9-24(23)34-31(33)38/h6-18,26-28H,1-5H3,(H,34,38). The summed E-state index contributed by atoms with van der Waals surface area (Å²) >= 11 is 0. The predicted molar refractivity (Wildman–Crippen MR) is 150 cm³/mol. The Morgan fingerprint density at radius 3 is 2.32 bits per heavy atom. The number of fused-ring (bicyclic) bond motifs is 6. The van der Waals surface area contributed by atoms with Crippen molar-refractivity contribution in [2.45, 2.75) is 52.1 Å². The predicted octanol–water partition coefficient (Wildman–Crippen LogP) is 5.89. The zero-order valence-corrected chi connectivity index (χ0v) is 22.4. The number of nitrogens with zero attached hydrogens (tertiary/aromatic N) is 1. The van der Waals surface area contributed by atoms with Crippen LogP contribution in [0.4, 0.5) is 11.4 Å². The maximum Gasteiger partial charge on any atom is 0.238 e. The SMILES string of the molecule is Cc1ccc(C(=O)C2C(C(=O)C(C)(C)C)N3c4ccc(C)cc4C=CC3C23C(=O)Nc2ccccc23)cc1. The second-order valence-electron chi connectivity index (χ2n) is 11.9. The molecule has 5 nitrogen and oxygen atoms in total. The second-order valence-corrected chi connectivity index (χ2v) is 11.9. The van der Waals surface area contributed by atoms with Crippen LogP contribution in [0, 0.1) is 25.2 Å². The molecule has 1 spiro atoms. The Kier molecular flexibility index (Phi) is 5.29. The Labute approximate surface area is 223 Å². The molecule has 5 heteroatoms. The summed E-state index contributed by atoms with van der Waals surface area (Å²) in [5, 5.41) is 3.08. The number of carbonyl (C=O) groups is 3. The number of ketones is 2. The van der Waals surface area contributed by atoms with Gasteiger partial charge in [-0.25, -0.2) is 0 Å². The van der Waals surface area contributed by atoms with Gasteiger partial charge in [0.1, 0.15) is 11.5 Å². The fraction of sp³-hybridized carbons (Fsp3) is 0.303. The van der Waals surface area contributed by atoms with Gasteiger partial charge in [-0.05, 0) is 43.2 Å². The number of para-hydroxylation sites is 1. The van der Waals surface area contributed by atoms with Gasteiger partial charge in [-0.15, -0.1) is 0 Å². The lowest BCUT2D eigenvalue weighted by Gasteiger charge is -2.38. The molecular formula is C33H32N2O3. The zero-order valence-electron chi connectivity index (χ0n) is 22.4. The van der Waals surface area contributed by atoms with Crippen molar-refractivity contribution in [1.29, 1.82) is 0 Å². The summed E-state index contributed by atoms with van der Waals surface area (Å²) in [4.78, 5) is 45.4. The molecule has 0 bridgehead atoms. The molecule has 3 aromatic rings. The average molecular weight is 505 g/mol. The van der Waals surface area contributed by atoms with Gasteiger partial charge in [0, 0.05) is 22.4 Å². The summed E-state index contributed by atoms with van der Waals surface area (Å²) in [6, 6.07) is 19.8. The number of carbonyl (C=O) groups excluding carboxylic acids is 3. The van der Waals surface area contributed by atoms with Crippen LogP contribution >= 0.6 is 0 Å². The number of hydrogen-bond donors (Lipinski definition) is 1. The van der Waals surface area contributed by atoms with E-state index in [-0.39, 0.29) is 17.5 Å². The van der Waals surface area contributed by atoms with Crippen LogP contribution in [0.25, 0.3) is 6.08 Å². The Bertz CT molecular complexity index is 1530. The van der Waals surface area contributed by atoms with E-state index in [9.17, 15) is 14.4 Å². The molecule has 1 N–H and O–H groups in total. The highest BCUT2D eigenvalue weighted by Crippen LogP contribution is 2.58. The third-order valence-corrected chi connectivity index (χ3v) is 8.41. The van der Waals surface area contributed by atoms with Crippen LogP contribution in [0.2, 0.25) is 0 Å². The minimum atomic E-state index is -1.26. The number of rotatable bonds is 3. The normalized spacial score (nSPS) is 25.1. The van der Waals surface area contributed by atoms with Gasteiger partial charge in [0.05, 0.1) is 12.0 Å². The van der Waals surface area contributed by atoms with Crippen molar-refractivity contribution >= 4 is 34.9 Å².